The molecular weight excluding hydrogens is 230 g/mol. The summed E-state index contributed by atoms with van der Waals surface area (Å²) < 4.78 is 0. The normalized spacial score (nSPS) is 25.3. The molecule has 1 aromatic carbocycles. The Morgan fingerprint density at radius 1 is 1.11 bits per heavy atom. The van der Waals surface area contributed by atoms with Gasteiger partial charge in [-0.05, 0) is 61.8 Å². The molecule has 1 aromatic rings. The zero-order valence-corrected chi connectivity index (χ0v) is 13.0. The zero-order chi connectivity index (χ0) is 13.8. The summed E-state index contributed by atoms with van der Waals surface area (Å²) in [6.45, 7) is 10.1. The van der Waals surface area contributed by atoms with Gasteiger partial charge in [0, 0.05) is 6.04 Å². The van der Waals surface area contributed by atoms with Crippen LogP contribution in [-0.4, -0.2) is 6.54 Å². The van der Waals surface area contributed by atoms with Crippen molar-refractivity contribution in [3.05, 3.63) is 34.9 Å². The van der Waals surface area contributed by atoms with Gasteiger partial charge < -0.3 is 5.32 Å². The van der Waals surface area contributed by atoms with Crippen LogP contribution < -0.4 is 5.32 Å². The molecule has 0 heterocycles. The molecule has 1 N–H and O–H groups in total. The van der Waals surface area contributed by atoms with E-state index in [9.17, 15) is 0 Å². The van der Waals surface area contributed by atoms with Crippen molar-refractivity contribution in [3.8, 4) is 0 Å². The first kappa shape index (κ1) is 14.6. The Balaban J connectivity index is 2.16. The van der Waals surface area contributed by atoms with Gasteiger partial charge >= 0.3 is 0 Å². The van der Waals surface area contributed by atoms with Crippen LogP contribution >= 0.6 is 0 Å². The third-order valence-corrected chi connectivity index (χ3v) is 4.85. The second kappa shape index (κ2) is 6.56. The second-order valence-electron chi connectivity index (χ2n) is 6.40. The van der Waals surface area contributed by atoms with Crippen LogP contribution in [0.5, 0.6) is 0 Å². The molecule has 1 aliphatic carbocycles. The van der Waals surface area contributed by atoms with Crippen molar-refractivity contribution in [2.75, 3.05) is 6.54 Å². The lowest BCUT2D eigenvalue weighted by Crippen LogP contribution is -2.30. The monoisotopic (exact) mass is 259 g/mol. The minimum atomic E-state index is 0.553. The largest absolute Gasteiger partial charge is 0.310 e. The summed E-state index contributed by atoms with van der Waals surface area (Å²) in [6, 6.07) is 7.55. The zero-order valence-electron chi connectivity index (χ0n) is 13.0. The molecule has 19 heavy (non-hydrogen) atoms. The topological polar surface area (TPSA) is 12.0 Å². The van der Waals surface area contributed by atoms with Crippen LogP contribution in [0.3, 0.4) is 0 Å². The van der Waals surface area contributed by atoms with E-state index in [2.05, 4.69) is 51.2 Å². The van der Waals surface area contributed by atoms with Crippen molar-refractivity contribution >= 4 is 0 Å². The quantitative estimate of drug-likeness (QED) is 0.820. The standard InChI is InChI=1S/C18H29N/c1-5-19-18(16-9-6-13(2)7-10-16)17-11-8-14(3)15(4)12-17/h8,11-13,16,18-19H,5-7,9-10H2,1-4H3. The third-order valence-electron chi connectivity index (χ3n) is 4.85. The smallest absolute Gasteiger partial charge is 0.0348 e. The van der Waals surface area contributed by atoms with Gasteiger partial charge in [0.15, 0.2) is 0 Å². The fourth-order valence-electron chi connectivity index (χ4n) is 3.35. The number of hydrogen-bond donors (Lipinski definition) is 1. The highest BCUT2D eigenvalue weighted by Crippen LogP contribution is 2.37. The molecule has 1 saturated carbocycles. The van der Waals surface area contributed by atoms with Gasteiger partial charge in [-0.1, -0.05) is 44.9 Å². The molecule has 106 valence electrons. The number of nitrogens with one attached hydrogen (secondary N) is 1. The Morgan fingerprint density at radius 3 is 2.37 bits per heavy atom. The molecule has 2 rings (SSSR count). The third kappa shape index (κ3) is 3.60. The van der Waals surface area contributed by atoms with Crippen LogP contribution in [0, 0.1) is 25.7 Å². The molecule has 1 heteroatoms. The van der Waals surface area contributed by atoms with E-state index in [-0.39, 0.29) is 0 Å². The predicted octanol–water partition coefficient (Wildman–Crippen LogP) is 4.78. The van der Waals surface area contributed by atoms with Gasteiger partial charge in [-0.15, -0.1) is 0 Å². The first-order valence-electron chi connectivity index (χ1n) is 7.92. The highest BCUT2D eigenvalue weighted by Gasteiger charge is 2.26. The first-order valence-corrected chi connectivity index (χ1v) is 7.92. The second-order valence-corrected chi connectivity index (χ2v) is 6.40. The molecule has 0 saturated heterocycles. The van der Waals surface area contributed by atoms with Gasteiger partial charge in [0.05, 0.1) is 0 Å². The lowest BCUT2D eigenvalue weighted by molar-refractivity contribution is 0.233. The molecule has 0 bridgehead atoms. The molecule has 1 unspecified atom stereocenters. The maximum atomic E-state index is 3.73. The van der Waals surface area contributed by atoms with E-state index in [1.807, 2.05) is 0 Å². The Morgan fingerprint density at radius 2 is 1.79 bits per heavy atom. The number of hydrogen-bond acceptors (Lipinski definition) is 1. The summed E-state index contributed by atoms with van der Waals surface area (Å²) in [5.74, 6) is 1.75. The SMILES string of the molecule is CCNC(c1ccc(C)c(C)c1)C1CCC(C)CC1. The summed E-state index contributed by atoms with van der Waals surface area (Å²) in [5, 5.41) is 3.73. The van der Waals surface area contributed by atoms with Crippen LogP contribution in [0.4, 0.5) is 0 Å². The highest BCUT2D eigenvalue weighted by atomic mass is 14.9. The minimum Gasteiger partial charge on any atom is -0.310 e. The molecule has 0 aliphatic heterocycles. The summed E-state index contributed by atoms with van der Waals surface area (Å²) in [6.07, 6.45) is 5.56. The number of aryl methyl sites for hydroxylation is 2. The van der Waals surface area contributed by atoms with E-state index in [0.29, 0.717) is 6.04 Å². The summed E-state index contributed by atoms with van der Waals surface area (Å²) in [7, 11) is 0. The maximum absolute atomic E-state index is 3.73. The maximum Gasteiger partial charge on any atom is 0.0348 e. The molecule has 0 aromatic heterocycles. The summed E-state index contributed by atoms with van der Waals surface area (Å²) >= 11 is 0. The van der Waals surface area contributed by atoms with Crippen molar-refractivity contribution in [1.29, 1.82) is 0 Å². The van der Waals surface area contributed by atoms with E-state index in [0.717, 1.165) is 18.4 Å². The van der Waals surface area contributed by atoms with Crippen molar-refractivity contribution in [3.63, 3.8) is 0 Å². The number of rotatable bonds is 4. The number of benzene rings is 1. The molecule has 1 atom stereocenters. The van der Waals surface area contributed by atoms with Crippen molar-refractivity contribution in [2.24, 2.45) is 11.8 Å². The summed E-state index contributed by atoms with van der Waals surface area (Å²) in [5.41, 5.74) is 4.31. The van der Waals surface area contributed by atoms with Crippen LogP contribution in [-0.2, 0) is 0 Å². The van der Waals surface area contributed by atoms with E-state index in [1.165, 1.54) is 42.4 Å². The van der Waals surface area contributed by atoms with E-state index < -0.39 is 0 Å². The Hall–Kier alpha value is -0.820. The molecule has 1 aliphatic rings. The van der Waals surface area contributed by atoms with Crippen molar-refractivity contribution in [2.45, 2.75) is 59.4 Å². The van der Waals surface area contributed by atoms with Crippen LogP contribution in [0.15, 0.2) is 18.2 Å². The molecule has 0 radical (unpaired) electrons. The van der Waals surface area contributed by atoms with E-state index >= 15 is 0 Å². The molecule has 0 spiro atoms. The van der Waals surface area contributed by atoms with Gasteiger partial charge in [-0.3, -0.25) is 0 Å². The molecule has 0 amide bonds. The van der Waals surface area contributed by atoms with Crippen LogP contribution in [0.25, 0.3) is 0 Å². The van der Waals surface area contributed by atoms with Gasteiger partial charge in [0.25, 0.3) is 0 Å². The Bertz CT molecular complexity index is 402. The summed E-state index contributed by atoms with van der Waals surface area (Å²) in [4.78, 5) is 0. The molecule has 1 nitrogen and oxygen atoms in total. The van der Waals surface area contributed by atoms with Gasteiger partial charge in [0.2, 0.25) is 0 Å². The van der Waals surface area contributed by atoms with Gasteiger partial charge in [-0.25, -0.2) is 0 Å². The van der Waals surface area contributed by atoms with Crippen molar-refractivity contribution < 1.29 is 0 Å². The lowest BCUT2D eigenvalue weighted by atomic mass is 9.77. The molecule has 1 fully saturated rings. The minimum absolute atomic E-state index is 0.553. The van der Waals surface area contributed by atoms with E-state index in [1.54, 1.807) is 0 Å². The fourth-order valence-corrected chi connectivity index (χ4v) is 3.35. The van der Waals surface area contributed by atoms with E-state index in [4.69, 9.17) is 0 Å². The lowest BCUT2D eigenvalue weighted by Gasteiger charge is -2.33. The van der Waals surface area contributed by atoms with Crippen LogP contribution in [0.1, 0.15) is 62.3 Å². The average Bonchev–Trinajstić information content (AvgIpc) is 2.41. The highest BCUT2D eigenvalue weighted by molar-refractivity contribution is 5.32. The predicted molar refractivity (Wildman–Crippen MR) is 83.5 cm³/mol. The van der Waals surface area contributed by atoms with Crippen molar-refractivity contribution in [1.82, 2.24) is 5.32 Å². The first-order chi connectivity index (χ1) is 9.11. The van der Waals surface area contributed by atoms with Crippen LogP contribution in [0.2, 0.25) is 0 Å². The van der Waals surface area contributed by atoms with Gasteiger partial charge in [0.1, 0.15) is 0 Å². The Labute approximate surface area is 118 Å². The van der Waals surface area contributed by atoms with Gasteiger partial charge in [-0.2, -0.15) is 0 Å². The molecular formula is C18H29N. The fraction of sp³-hybridized carbons (Fsp3) is 0.667. The Kier molecular flexibility index (Phi) is 5.04. The average molecular weight is 259 g/mol.